The van der Waals surface area contributed by atoms with Crippen molar-refractivity contribution in [3.05, 3.63) is 59.2 Å². The van der Waals surface area contributed by atoms with E-state index >= 15 is 0 Å². The molecule has 4 rings (SSSR count). The zero-order valence-electron chi connectivity index (χ0n) is 21.6. The van der Waals surface area contributed by atoms with Gasteiger partial charge in [-0.2, -0.15) is 0 Å². The lowest BCUT2D eigenvalue weighted by molar-refractivity contribution is -0.153. The quantitative estimate of drug-likeness (QED) is 0.128. The Morgan fingerprint density at radius 2 is 1.78 bits per heavy atom. The van der Waals surface area contributed by atoms with Crippen LogP contribution in [0.4, 0.5) is 4.79 Å². The van der Waals surface area contributed by atoms with Crippen LogP contribution in [0.15, 0.2) is 42.5 Å². The highest BCUT2D eigenvalue weighted by Crippen LogP contribution is 2.33. The zero-order chi connectivity index (χ0) is 30.1. The Morgan fingerprint density at radius 1 is 1.10 bits per heavy atom. The SMILES string of the molecule is CCN1CCN(C(=O)NC(C(=O)N[C@H]2Cc3cccc(C(=O)O)c3OB2O)c2ccc(P(=O)(O)O)cc2)C(=O)C1=O. The number of carbonyl (C=O) groups excluding carboxylic acids is 4. The van der Waals surface area contributed by atoms with Gasteiger partial charge >= 0.3 is 38.5 Å². The predicted octanol–water partition coefficient (Wildman–Crippen LogP) is -1.23. The number of aromatic carboxylic acids is 1. The van der Waals surface area contributed by atoms with Crippen LogP contribution in [-0.4, -0.2) is 92.1 Å². The van der Waals surface area contributed by atoms with Crippen molar-refractivity contribution in [1.82, 2.24) is 20.4 Å². The van der Waals surface area contributed by atoms with Gasteiger partial charge in [0.2, 0.25) is 5.91 Å². The number of benzene rings is 2. The lowest BCUT2D eigenvalue weighted by Gasteiger charge is -2.33. The molecule has 2 heterocycles. The van der Waals surface area contributed by atoms with E-state index in [4.69, 9.17) is 4.65 Å². The zero-order valence-corrected chi connectivity index (χ0v) is 22.5. The number of hydrogen-bond acceptors (Lipinski definition) is 8. The summed E-state index contributed by atoms with van der Waals surface area (Å²) < 4.78 is 17.0. The number of para-hydroxylation sites is 1. The molecule has 216 valence electrons. The van der Waals surface area contributed by atoms with Gasteiger partial charge < -0.3 is 40.1 Å². The molecule has 1 unspecified atom stereocenters. The number of nitrogens with zero attached hydrogens (tertiary/aromatic N) is 2. The monoisotopic (exact) mass is 588 g/mol. The Balaban J connectivity index is 1.59. The van der Waals surface area contributed by atoms with E-state index in [0.717, 1.165) is 12.1 Å². The average Bonchev–Trinajstić information content (AvgIpc) is 2.92. The summed E-state index contributed by atoms with van der Waals surface area (Å²) >= 11 is 0. The molecule has 6 N–H and O–H groups in total. The lowest BCUT2D eigenvalue weighted by Crippen LogP contribution is -2.60. The van der Waals surface area contributed by atoms with Crippen molar-refractivity contribution in [1.29, 1.82) is 0 Å². The van der Waals surface area contributed by atoms with Crippen molar-refractivity contribution in [3.8, 4) is 5.75 Å². The number of imide groups is 1. The van der Waals surface area contributed by atoms with Crippen LogP contribution in [-0.2, 0) is 25.4 Å². The molecule has 17 heteroatoms. The van der Waals surface area contributed by atoms with Crippen molar-refractivity contribution in [2.24, 2.45) is 0 Å². The van der Waals surface area contributed by atoms with Gasteiger partial charge in [-0.15, -0.1) is 0 Å². The number of rotatable bonds is 7. The van der Waals surface area contributed by atoms with Crippen molar-refractivity contribution in [2.75, 3.05) is 19.6 Å². The second kappa shape index (κ2) is 11.7. The van der Waals surface area contributed by atoms with E-state index in [-0.39, 0.29) is 48.2 Å². The van der Waals surface area contributed by atoms with Gasteiger partial charge in [-0.1, -0.05) is 24.3 Å². The smallest absolute Gasteiger partial charge is 0.534 e. The van der Waals surface area contributed by atoms with Crippen LogP contribution >= 0.6 is 7.60 Å². The van der Waals surface area contributed by atoms with Crippen LogP contribution in [0.2, 0.25) is 0 Å². The summed E-state index contributed by atoms with van der Waals surface area (Å²) in [7, 11) is -6.28. The molecule has 0 aliphatic carbocycles. The minimum absolute atomic E-state index is 0.0346. The summed E-state index contributed by atoms with van der Waals surface area (Å²) in [5, 5.41) is 24.5. The second-order valence-electron chi connectivity index (χ2n) is 9.29. The third-order valence-corrected chi connectivity index (χ3v) is 7.68. The molecule has 1 saturated heterocycles. The van der Waals surface area contributed by atoms with Crippen molar-refractivity contribution in [3.63, 3.8) is 0 Å². The molecule has 41 heavy (non-hydrogen) atoms. The Morgan fingerprint density at radius 3 is 2.39 bits per heavy atom. The summed E-state index contributed by atoms with van der Waals surface area (Å²) in [5.41, 5.74) is 0.285. The summed E-state index contributed by atoms with van der Waals surface area (Å²) in [6.07, 6.45) is -0.0346. The van der Waals surface area contributed by atoms with Gasteiger partial charge in [0.05, 0.1) is 16.8 Å². The molecular formula is C24H26BN4O11P. The Hall–Kier alpha value is -4.24. The first-order valence-electron chi connectivity index (χ1n) is 12.4. The lowest BCUT2D eigenvalue weighted by atomic mass is 9.72. The van der Waals surface area contributed by atoms with Crippen LogP contribution in [0.5, 0.6) is 5.75 Å². The van der Waals surface area contributed by atoms with Gasteiger partial charge in [0.15, 0.2) is 0 Å². The van der Waals surface area contributed by atoms with E-state index < -0.39 is 56.4 Å². The minimum atomic E-state index is -4.62. The molecule has 2 aliphatic rings. The summed E-state index contributed by atoms with van der Waals surface area (Å²) in [6.45, 7) is 1.89. The number of piperazine rings is 1. The number of likely N-dealkylation sites (N-methyl/N-ethyl adjacent to an activating group) is 1. The van der Waals surface area contributed by atoms with Gasteiger partial charge in [-0.3, -0.25) is 23.8 Å². The largest absolute Gasteiger partial charge is 0.547 e. The molecule has 2 aromatic carbocycles. The van der Waals surface area contributed by atoms with Crippen LogP contribution < -0.4 is 20.6 Å². The first-order valence-corrected chi connectivity index (χ1v) is 14.0. The maximum absolute atomic E-state index is 13.5. The molecule has 15 nitrogen and oxygen atoms in total. The Kier molecular flexibility index (Phi) is 8.49. The number of carboxylic acids is 1. The fourth-order valence-corrected chi connectivity index (χ4v) is 5.05. The van der Waals surface area contributed by atoms with E-state index in [1.807, 2.05) is 0 Å². The molecular weight excluding hydrogens is 562 g/mol. The standard InChI is InChI=1S/C24H26BN4O11P/c1-2-28-10-11-29(22(32)21(28)31)24(35)27-18(13-6-8-15(9-7-13)41(37,38)39)20(30)26-17-12-14-4-3-5-16(23(33)34)19(14)40-25(17)36/h3-9,17-18,36H,2,10-12H2,1H3,(H,26,30)(H,27,35)(H,33,34)(H2,37,38,39)/t17-,18?/m0/s1. The third kappa shape index (κ3) is 6.25. The van der Waals surface area contributed by atoms with Crippen LogP contribution in [0.1, 0.15) is 34.5 Å². The molecule has 0 saturated carbocycles. The van der Waals surface area contributed by atoms with Crippen LogP contribution in [0.3, 0.4) is 0 Å². The molecule has 1 fully saturated rings. The highest BCUT2D eigenvalue weighted by molar-refractivity contribution is 7.60. The number of hydrogen-bond donors (Lipinski definition) is 6. The van der Waals surface area contributed by atoms with E-state index in [0.29, 0.717) is 10.5 Å². The van der Waals surface area contributed by atoms with Gasteiger partial charge in [-0.05, 0) is 42.7 Å². The fourth-order valence-electron chi connectivity index (χ4n) is 4.51. The normalized spacial score (nSPS) is 17.9. The summed E-state index contributed by atoms with van der Waals surface area (Å²) in [4.78, 5) is 83.6. The van der Waals surface area contributed by atoms with Gasteiger partial charge in [0.25, 0.3) is 0 Å². The minimum Gasteiger partial charge on any atom is -0.534 e. The molecule has 0 radical (unpaired) electrons. The Bertz CT molecular complexity index is 1450. The van der Waals surface area contributed by atoms with E-state index in [2.05, 4.69) is 10.6 Å². The maximum atomic E-state index is 13.5. The average molecular weight is 588 g/mol. The number of carboxylic acid groups (broad SMARTS) is 1. The van der Waals surface area contributed by atoms with Crippen LogP contribution in [0, 0.1) is 0 Å². The Labute approximate surface area is 233 Å². The topological polar surface area (TPSA) is 223 Å². The van der Waals surface area contributed by atoms with Crippen molar-refractivity contribution < 1.29 is 53.1 Å². The van der Waals surface area contributed by atoms with E-state index in [9.17, 15) is 48.5 Å². The van der Waals surface area contributed by atoms with Crippen molar-refractivity contribution in [2.45, 2.75) is 25.3 Å². The highest BCUT2D eigenvalue weighted by Gasteiger charge is 2.41. The number of urea groups is 1. The maximum Gasteiger partial charge on any atom is 0.547 e. The highest BCUT2D eigenvalue weighted by atomic mass is 31.2. The van der Waals surface area contributed by atoms with Gasteiger partial charge in [0.1, 0.15) is 11.8 Å². The molecule has 0 spiro atoms. The van der Waals surface area contributed by atoms with Crippen LogP contribution in [0.25, 0.3) is 0 Å². The predicted molar refractivity (Wildman–Crippen MR) is 141 cm³/mol. The molecule has 0 aromatic heterocycles. The number of amides is 5. The molecule has 0 bridgehead atoms. The second-order valence-corrected chi connectivity index (χ2v) is 10.9. The molecule has 5 amide bonds. The first kappa shape index (κ1) is 29.7. The number of carbonyl (C=O) groups is 5. The molecule has 2 atom stereocenters. The number of nitrogens with one attached hydrogen (secondary N) is 2. The summed E-state index contributed by atoms with van der Waals surface area (Å²) in [5.74, 6) is -5.28. The van der Waals surface area contributed by atoms with E-state index in [1.54, 1.807) is 13.0 Å². The molecule has 2 aliphatic heterocycles. The molecule has 2 aromatic rings. The third-order valence-electron chi connectivity index (χ3n) is 6.71. The van der Waals surface area contributed by atoms with Gasteiger partial charge in [-0.25, -0.2) is 9.59 Å². The van der Waals surface area contributed by atoms with E-state index in [1.165, 1.54) is 29.2 Å². The van der Waals surface area contributed by atoms with Crippen molar-refractivity contribution >= 4 is 49.7 Å². The first-order chi connectivity index (χ1) is 19.3. The fraction of sp³-hybridized carbons (Fsp3) is 0.292. The summed E-state index contributed by atoms with van der Waals surface area (Å²) in [6, 6.07) is 6.27. The van der Waals surface area contributed by atoms with Gasteiger partial charge in [0, 0.05) is 19.6 Å². The number of fused-ring (bicyclic) bond motifs is 1.